The van der Waals surface area contributed by atoms with Gasteiger partial charge in [-0.2, -0.15) is 0 Å². The van der Waals surface area contributed by atoms with E-state index in [9.17, 15) is 4.39 Å². The van der Waals surface area contributed by atoms with Crippen LogP contribution in [0, 0.1) is 12.7 Å². The Kier molecular flexibility index (Phi) is 3.67. The molecule has 18 heavy (non-hydrogen) atoms. The van der Waals surface area contributed by atoms with Gasteiger partial charge in [-0.1, -0.05) is 6.92 Å². The summed E-state index contributed by atoms with van der Waals surface area (Å²) in [5, 5.41) is 9.16. The third-order valence-corrected chi connectivity index (χ3v) is 2.88. The zero-order valence-corrected chi connectivity index (χ0v) is 10.4. The summed E-state index contributed by atoms with van der Waals surface area (Å²) in [4.78, 5) is 8.62. The van der Waals surface area contributed by atoms with Crippen molar-refractivity contribution in [3.8, 4) is 11.4 Å². The van der Waals surface area contributed by atoms with Crippen LogP contribution < -0.4 is 0 Å². The first-order chi connectivity index (χ1) is 8.65. The minimum Gasteiger partial charge on any atom is -0.392 e. The van der Waals surface area contributed by atoms with Gasteiger partial charge in [0, 0.05) is 23.0 Å². The molecular weight excluding hydrogens is 231 g/mol. The van der Waals surface area contributed by atoms with Gasteiger partial charge in [-0.15, -0.1) is 0 Å². The van der Waals surface area contributed by atoms with E-state index in [1.54, 1.807) is 25.3 Å². The van der Waals surface area contributed by atoms with E-state index in [0.29, 0.717) is 11.4 Å². The van der Waals surface area contributed by atoms with Crippen molar-refractivity contribution in [2.24, 2.45) is 0 Å². The van der Waals surface area contributed by atoms with E-state index in [2.05, 4.69) is 9.97 Å². The number of benzene rings is 1. The number of aliphatic hydroxyl groups is 1. The Morgan fingerprint density at radius 1 is 1.33 bits per heavy atom. The molecule has 3 nitrogen and oxygen atoms in total. The molecule has 0 aliphatic carbocycles. The summed E-state index contributed by atoms with van der Waals surface area (Å²) in [5.41, 5.74) is 2.91. The molecule has 4 heteroatoms. The second-order valence-electron chi connectivity index (χ2n) is 4.14. The van der Waals surface area contributed by atoms with Crippen molar-refractivity contribution >= 4 is 0 Å². The summed E-state index contributed by atoms with van der Waals surface area (Å²) in [6, 6.07) is 4.80. The molecule has 0 aliphatic rings. The van der Waals surface area contributed by atoms with Gasteiger partial charge >= 0.3 is 0 Å². The summed E-state index contributed by atoms with van der Waals surface area (Å²) < 4.78 is 13.2. The molecule has 0 bridgehead atoms. The standard InChI is InChI=1S/C14H15FN2O/c1-3-13-11(8-18)7-16-14(17-13)10-4-5-12(15)9(2)6-10/h4-7,18H,3,8H2,1-2H3. The Morgan fingerprint density at radius 2 is 2.11 bits per heavy atom. The molecule has 0 amide bonds. The van der Waals surface area contributed by atoms with Gasteiger partial charge < -0.3 is 5.11 Å². The highest BCUT2D eigenvalue weighted by Gasteiger charge is 2.08. The van der Waals surface area contributed by atoms with Crippen LogP contribution in [0.25, 0.3) is 11.4 Å². The summed E-state index contributed by atoms with van der Waals surface area (Å²) in [5.74, 6) is 0.327. The quantitative estimate of drug-likeness (QED) is 0.905. The van der Waals surface area contributed by atoms with Crippen molar-refractivity contribution in [1.82, 2.24) is 9.97 Å². The van der Waals surface area contributed by atoms with Gasteiger partial charge in [0.25, 0.3) is 0 Å². The lowest BCUT2D eigenvalue weighted by Gasteiger charge is -2.07. The Balaban J connectivity index is 2.47. The van der Waals surface area contributed by atoms with Gasteiger partial charge in [-0.05, 0) is 37.1 Å². The molecule has 2 rings (SSSR count). The van der Waals surface area contributed by atoms with E-state index in [1.807, 2.05) is 6.92 Å². The van der Waals surface area contributed by atoms with Crippen molar-refractivity contribution in [3.63, 3.8) is 0 Å². The van der Waals surface area contributed by atoms with Crippen LogP contribution in [0.2, 0.25) is 0 Å². The predicted octanol–water partition coefficient (Wildman–Crippen LogP) is 2.65. The molecule has 0 atom stereocenters. The number of aliphatic hydroxyl groups excluding tert-OH is 1. The molecule has 0 saturated heterocycles. The molecule has 0 aliphatic heterocycles. The normalized spacial score (nSPS) is 10.7. The summed E-state index contributed by atoms with van der Waals surface area (Å²) in [6.07, 6.45) is 2.35. The lowest BCUT2D eigenvalue weighted by molar-refractivity contribution is 0.279. The first-order valence-electron chi connectivity index (χ1n) is 5.88. The van der Waals surface area contributed by atoms with Crippen LogP contribution in [0.15, 0.2) is 24.4 Å². The lowest BCUT2D eigenvalue weighted by Crippen LogP contribution is -2.01. The molecule has 1 N–H and O–H groups in total. The molecule has 1 heterocycles. The molecule has 0 unspecified atom stereocenters. The Labute approximate surface area is 105 Å². The van der Waals surface area contributed by atoms with Gasteiger partial charge in [0.05, 0.1) is 6.61 Å². The van der Waals surface area contributed by atoms with Crippen LogP contribution >= 0.6 is 0 Å². The number of hydrogen-bond donors (Lipinski definition) is 1. The average molecular weight is 246 g/mol. The van der Waals surface area contributed by atoms with Crippen LogP contribution in [-0.2, 0) is 13.0 Å². The van der Waals surface area contributed by atoms with Crippen molar-refractivity contribution in [2.75, 3.05) is 0 Å². The van der Waals surface area contributed by atoms with E-state index in [-0.39, 0.29) is 12.4 Å². The smallest absolute Gasteiger partial charge is 0.159 e. The fourth-order valence-electron chi connectivity index (χ4n) is 1.80. The molecular formula is C14H15FN2O. The number of aryl methyl sites for hydroxylation is 2. The van der Waals surface area contributed by atoms with Crippen molar-refractivity contribution in [1.29, 1.82) is 0 Å². The lowest BCUT2D eigenvalue weighted by atomic mass is 10.1. The Bertz CT molecular complexity index is 570. The molecule has 1 aromatic carbocycles. The number of halogens is 1. The second-order valence-corrected chi connectivity index (χ2v) is 4.14. The van der Waals surface area contributed by atoms with E-state index < -0.39 is 0 Å². The molecule has 0 fully saturated rings. The zero-order valence-electron chi connectivity index (χ0n) is 10.4. The SMILES string of the molecule is CCc1nc(-c2ccc(F)c(C)c2)ncc1CO. The topological polar surface area (TPSA) is 46.0 Å². The molecule has 0 saturated carbocycles. The molecule has 1 aromatic heterocycles. The number of nitrogens with zero attached hydrogens (tertiary/aromatic N) is 2. The minimum absolute atomic E-state index is 0.0636. The number of hydrogen-bond acceptors (Lipinski definition) is 3. The third-order valence-electron chi connectivity index (χ3n) is 2.88. The molecule has 94 valence electrons. The maximum Gasteiger partial charge on any atom is 0.159 e. The van der Waals surface area contributed by atoms with Crippen LogP contribution in [0.5, 0.6) is 0 Å². The maximum atomic E-state index is 13.2. The Hall–Kier alpha value is -1.81. The number of aromatic nitrogens is 2. The molecule has 2 aromatic rings. The highest BCUT2D eigenvalue weighted by molar-refractivity contribution is 5.56. The number of rotatable bonds is 3. The fraction of sp³-hybridized carbons (Fsp3) is 0.286. The summed E-state index contributed by atoms with van der Waals surface area (Å²) in [6.45, 7) is 3.62. The highest BCUT2D eigenvalue weighted by Crippen LogP contribution is 2.19. The summed E-state index contributed by atoms with van der Waals surface area (Å²) >= 11 is 0. The third kappa shape index (κ3) is 2.38. The average Bonchev–Trinajstić information content (AvgIpc) is 2.41. The molecule has 0 spiro atoms. The van der Waals surface area contributed by atoms with E-state index in [4.69, 9.17) is 5.11 Å². The van der Waals surface area contributed by atoms with Crippen molar-refractivity contribution < 1.29 is 9.50 Å². The second kappa shape index (κ2) is 5.23. The van der Waals surface area contributed by atoms with Gasteiger partial charge in [0.2, 0.25) is 0 Å². The van der Waals surface area contributed by atoms with Crippen LogP contribution in [0.3, 0.4) is 0 Å². The van der Waals surface area contributed by atoms with Gasteiger partial charge in [-0.25, -0.2) is 14.4 Å². The maximum absolute atomic E-state index is 13.2. The van der Waals surface area contributed by atoms with Gasteiger partial charge in [0.15, 0.2) is 5.82 Å². The first kappa shape index (κ1) is 12.6. The van der Waals surface area contributed by atoms with Crippen LogP contribution in [0.1, 0.15) is 23.7 Å². The van der Waals surface area contributed by atoms with E-state index >= 15 is 0 Å². The molecule has 0 radical (unpaired) electrons. The van der Waals surface area contributed by atoms with E-state index in [1.165, 1.54) is 6.07 Å². The fourth-order valence-corrected chi connectivity index (χ4v) is 1.80. The highest BCUT2D eigenvalue weighted by atomic mass is 19.1. The van der Waals surface area contributed by atoms with Crippen molar-refractivity contribution in [2.45, 2.75) is 26.9 Å². The van der Waals surface area contributed by atoms with Gasteiger partial charge in [-0.3, -0.25) is 0 Å². The Morgan fingerprint density at radius 3 is 2.72 bits per heavy atom. The van der Waals surface area contributed by atoms with Crippen LogP contribution in [-0.4, -0.2) is 15.1 Å². The minimum atomic E-state index is -0.235. The summed E-state index contributed by atoms with van der Waals surface area (Å²) in [7, 11) is 0. The largest absolute Gasteiger partial charge is 0.392 e. The van der Waals surface area contributed by atoms with E-state index in [0.717, 1.165) is 23.2 Å². The van der Waals surface area contributed by atoms with Crippen molar-refractivity contribution in [3.05, 3.63) is 47.0 Å². The monoisotopic (exact) mass is 246 g/mol. The zero-order chi connectivity index (χ0) is 13.1. The predicted molar refractivity (Wildman–Crippen MR) is 67.5 cm³/mol. The van der Waals surface area contributed by atoms with Gasteiger partial charge in [0.1, 0.15) is 5.82 Å². The first-order valence-corrected chi connectivity index (χ1v) is 5.88. The van der Waals surface area contributed by atoms with Crippen LogP contribution in [0.4, 0.5) is 4.39 Å².